The third-order valence-electron chi connectivity index (χ3n) is 5.33. The number of nitrogens with one attached hydrogen (secondary N) is 1. The fourth-order valence-electron chi connectivity index (χ4n) is 3.79. The maximum atomic E-state index is 12.9. The Morgan fingerprint density at radius 3 is 2.52 bits per heavy atom. The third-order valence-corrected chi connectivity index (χ3v) is 5.56. The fourth-order valence-corrected chi connectivity index (χ4v) is 3.96. The summed E-state index contributed by atoms with van der Waals surface area (Å²) in [7, 11) is 0. The van der Waals surface area contributed by atoms with Crippen LogP contribution in [0.2, 0.25) is 5.02 Å². The van der Waals surface area contributed by atoms with Crippen LogP contribution in [-0.2, 0) is 11.3 Å². The molecule has 0 fully saturated rings. The molecule has 0 aliphatic heterocycles. The molecule has 0 saturated heterocycles. The summed E-state index contributed by atoms with van der Waals surface area (Å²) >= 11 is 6.05. The molecule has 0 spiro atoms. The lowest BCUT2D eigenvalue weighted by atomic mass is 10.1. The maximum absolute atomic E-state index is 12.9. The molecule has 0 saturated carbocycles. The number of carbonyl (C=O) groups excluding carboxylic acids is 1. The zero-order valence-electron chi connectivity index (χ0n) is 17.6. The maximum Gasteiger partial charge on any atom is 0.252 e. The third kappa shape index (κ3) is 4.11. The van der Waals surface area contributed by atoms with Gasteiger partial charge in [0, 0.05) is 35.1 Å². The standard InChI is InChI=1S/C24H23ClN4O2/c1-15-9-10-18(25)14-20(15)26-21(30)11-12-28-22(31)13-16(2)23-17(3)27-29(24(23)28)19-7-5-4-6-8-19/h4-10,13-14H,11-12H2,1-3H3,(H,26,30). The van der Waals surface area contributed by atoms with Crippen molar-refractivity contribution in [2.24, 2.45) is 0 Å². The fraction of sp³-hybridized carbons (Fsp3) is 0.208. The van der Waals surface area contributed by atoms with Gasteiger partial charge in [0.2, 0.25) is 5.91 Å². The molecule has 4 aromatic rings. The van der Waals surface area contributed by atoms with Gasteiger partial charge in [0.25, 0.3) is 5.56 Å². The van der Waals surface area contributed by atoms with E-state index in [1.54, 1.807) is 27.4 Å². The molecule has 0 bridgehead atoms. The highest BCUT2D eigenvalue weighted by atomic mass is 35.5. The van der Waals surface area contributed by atoms with E-state index in [1.165, 1.54) is 0 Å². The number of fused-ring (bicyclic) bond motifs is 1. The average Bonchev–Trinajstić information content (AvgIpc) is 3.09. The Morgan fingerprint density at radius 2 is 1.77 bits per heavy atom. The lowest BCUT2D eigenvalue weighted by Gasteiger charge is -2.13. The van der Waals surface area contributed by atoms with E-state index in [0.717, 1.165) is 27.9 Å². The number of hydrogen-bond acceptors (Lipinski definition) is 3. The van der Waals surface area contributed by atoms with E-state index < -0.39 is 0 Å². The zero-order valence-corrected chi connectivity index (χ0v) is 18.4. The molecule has 0 unspecified atom stereocenters. The Balaban J connectivity index is 1.70. The molecule has 2 heterocycles. The van der Waals surface area contributed by atoms with Crippen molar-refractivity contribution < 1.29 is 4.79 Å². The van der Waals surface area contributed by atoms with Crippen LogP contribution in [0.15, 0.2) is 59.4 Å². The van der Waals surface area contributed by atoms with E-state index in [9.17, 15) is 9.59 Å². The van der Waals surface area contributed by atoms with Crippen LogP contribution in [0.1, 0.15) is 23.2 Å². The van der Waals surface area contributed by atoms with Crippen LogP contribution in [-0.4, -0.2) is 20.3 Å². The van der Waals surface area contributed by atoms with Crippen molar-refractivity contribution in [3.63, 3.8) is 0 Å². The minimum absolute atomic E-state index is 0.142. The first-order chi connectivity index (χ1) is 14.8. The average molecular weight is 435 g/mol. The molecular formula is C24H23ClN4O2. The number of nitrogens with zero attached hydrogens (tertiary/aromatic N) is 3. The second-order valence-corrected chi connectivity index (χ2v) is 8.04. The van der Waals surface area contributed by atoms with Crippen molar-refractivity contribution in [2.75, 3.05) is 5.32 Å². The van der Waals surface area contributed by atoms with Crippen molar-refractivity contribution in [2.45, 2.75) is 33.7 Å². The molecule has 0 atom stereocenters. The normalized spacial score (nSPS) is 11.1. The van der Waals surface area contributed by atoms with Crippen molar-refractivity contribution in [1.82, 2.24) is 14.3 Å². The molecule has 1 amide bonds. The Morgan fingerprint density at radius 1 is 1.03 bits per heavy atom. The van der Waals surface area contributed by atoms with Crippen LogP contribution in [0.5, 0.6) is 0 Å². The molecule has 0 aliphatic rings. The number of amides is 1. The van der Waals surface area contributed by atoms with Crippen molar-refractivity contribution in [1.29, 1.82) is 0 Å². The molecule has 0 aliphatic carbocycles. The van der Waals surface area contributed by atoms with Crippen LogP contribution in [0.3, 0.4) is 0 Å². The molecule has 7 heteroatoms. The number of rotatable bonds is 5. The quantitative estimate of drug-likeness (QED) is 0.490. The number of benzene rings is 2. The summed E-state index contributed by atoms with van der Waals surface area (Å²) in [5, 5.41) is 9.05. The number of aromatic nitrogens is 3. The first-order valence-corrected chi connectivity index (χ1v) is 10.4. The second kappa shape index (κ2) is 8.40. The van der Waals surface area contributed by atoms with Gasteiger partial charge in [0.15, 0.2) is 0 Å². The van der Waals surface area contributed by atoms with Crippen LogP contribution < -0.4 is 10.9 Å². The molecule has 31 heavy (non-hydrogen) atoms. The molecule has 0 radical (unpaired) electrons. The lowest BCUT2D eigenvalue weighted by Crippen LogP contribution is -2.25. The van der Waals surface area contributed by atoms with Gasteiger partial charge in [-0.25, -0.2) is 4.68 Å². The number of anilines is 1. The molecule has 158 valence electrons. The van der Waals surface area contributed by atoms with Crippen LogP contribution in [0, 0.1) is 20.8 Å². The van der Waals surface area contributed by atoms with E-state index in [0.29, 0.717) is 16.4 Å². The monoisotopic (exact) mass is 434 g/mol. The molecule has 6 nitrogen and oxygen atoms in total. The molecular weight excluding hydrogens is 412 g/mol. The second-order valence-electron chi connectivity index (χ2n) is 7.61. The first kappa shape index (κ1) is 20.9. The molecule has 2 aromatic heterocycles. The molecule has 4 rings (SSSR count). The summed E-state index contributed by atoms with van der Waals surface area (Å²) in [5.74, 6) is -0.187. The zero-order chi connectivity index (χ0) is 22.1. The van der Waals surface area contributed by atoms with Gasteiger partial charge in [0.1, 0.15) is 5.65 Å². The highest BCUT2D eigenvalue weighted by molar-refractivity contribution is 6.31. The smallest absolute Gasteiger partial charge is 0.252 e. The largest absolute Gasteiger partial charge is 0.326 e. The summed E-state index contributed by atoms with van der Waals surface area (Å²) in [6.45, 7) is 5.98. The van der Waals surface area contributed by atoms with Gasteiger partial charge in [-0.2, -0.15) is 5.10 Å². The summed E-state index contributed by atoms with van der Waals surface area (Å²) in [4.78, 5) is 25.5. The van der Waals surface area contributed by atoms with Gasteiger partial charge in [-0.1, -0.05) is 35.9 Å². The van der Waals surface area contributed by atoms with Gasteiger partial charge in [0.05, 0.1) is 11.4 Å². The van der Waals surface area contributed by atoms with Gasteiger partial charge in [-0.3, -0.25) is 14.2 Å². The minimum Gasteiger partial charge on any atom is -0.326 e. The lowest BCUT2D eigenvalue weighted by molar-refractivity contribution is -0.116. The predicted octanol–water partition coefficient (Wildman–Crippen LogP) is 4.79. The van der Waals surface area contributed by atoms with E-state index in [4.69, 9.17) is 11.6 Å². The number of carbonyl (C=O) groups is 1. The van der Waals surface area contributed by atoms with E-state index in [1.807, 2.05) is 57.2 Å². The predicted molar refractivity (Wildman–Crippen MR) is 124 cm³/mol. The highest BCUT2D eigenvalue weighted by Gasteiger charge is 2.17. The number of para-hydroxylation sites is 1. The van der Waals surface area contributed by atoms with Gasteiger partial charge < -0.3 is 5.32 Å². The molecule has 2 aromatic carbocycles. The van der Waals surface area contributed by atoms with Crippen LogP contribution in [0.4, 0.5) is 5.69 Å². The van der Waals surface area contributed by atoms with E-state index in [-0.39, 0.29) is 24.4 Å². The van der Waals surface area contributed by atoms with Gasteiger partial charge in [-0.05, 0) is 56.2 Å². The summed E-state index contributed by atoms with van der Waals surface area (Å²) < 4.78 is 3.40. The van der Waals surface area contributed by atoms with Crippen LogP contribution >= 0.6 is 11.6 Å². The number of pyridine rings is 1. The van der Waals surface area contributed by atoms with Crippen LogP contribution in [0.25, 0.3) is 16.7 Å². The number of hydrogen-bond donors (Lipinski definition) is 1. The molecule has 1 N–H and O–H groups in total. The number of halogens is 1. The van der Waals surface area contributed by atoms with Gasteiger partial charge >= 0.3 is 0 Å². The highest BCUT2D eigenvalue weighted by Crippen LogP contribution is 2.24. The topological polar surface area (TPSA) is 68.9 Å². The Kier molecular flexibility index (Phi) is 5.65. The summed E-state index contributed by atoms with van der Waals surface area (Å²) in [6.07, 6.45) is 0.142. The Bertz CT molecular complexity index is 1340. The Labute approximate surface area is 185 Å². The van der Waals surface area contributed by atoms with Crippen molar-refractivity contribution in [3.8, 4) is 5.69 Å². The first-order valence-electron chi connectivity index (χ1n) is 10.1. The number of aryl methyl sites for hydroxylation is 4. The minimum atomic E-state index is -0.187. The van der Waals surface area contributed by atoms with Gasteiger partial charge in [-0.15, -0.1) is 0 Å². The Hall–Kier alpha value is -3.38. The SMILES string of the molecule is Cc1ccc(Cl)cc1NC(=O)CCn1c(=O)cc(C)c2c(C)nn(-c3ccccc3)c21. The van der Waals surface area contributed by atoms with E-state index >= 15 is 0 Å². The summed E-state index contributed by atoms with van der Waals surface area (Å²) in [5.41, 5.74) is 4.70. The van der Waals surface area contributed by atoms with Crippen molar-refractivity contribution in [3.05, 3.63) is 86.8 Å². The van der Waals surface area contributed by atoms with E-state index in [2.05, 4.69) is 10.4 Å². The summed E-state index contributed by atoms with van der Waals surface area (Å²) in [6, 6.07) is 16.6. The van der Waals surface area contributed by atoms with Crippen molar-refractivity contribution >= 4 is 34.2 Å².